The van der Waals surface area contributed by atoms with Gasteiger partial charge in [0.1, 0.15) is 0 Å². The molecule has 0 amide bonds. The zero-order chi connectivity index (χ0) is 7.28. The topological polar surface area (TPSA) is 35.2 Å². The molecule has 1 atom stereocenters. The van der Waals surface area contributed by atoms with Crippen molar-refractivity contribution in [2.45, 2.75) is 39.3 Å². The van der Waals surface area contributed by atoms with E-state index in [1.165, 1.54) is 0 Å². The third kappa shape index (κ3) is 5.80. The second-order valence-corrected chi connectivity index (χ2v) is 2.55. The highest BCUT2D eigenvalue weighted by Gasteiger charge is 1.99. The highest BCUT2D eigenvalue weighted by Crippen LogP contribution is 1.91. The Hall–Kier alpha value is -0.0800. The lowest BCUT2D eigenvalue weighted by molar-refractivity contribution is 0.0678. The molecule has 0 rings (SSSR count). The molecule has 0 bridgehead atoms. The molecule has 0 saturated heterocycles. The molecule has 2 N–H and O–H groups in total. The van der Waals surface area contributed by atoms with Gasteiger partial charge in [-0.3, -0.25) is 0 Å². The van der Waals surface area contributed by atoms with E-state index in [0.717, 1.165) is 6.42 Å². The molecular formula is C7H17NO. The average molecular weight is 131 g/mol. The maximum Gasteiger partial charge on any atom is 0.0620 e. The third-order valence-corrected chi connectivity index (χ3v) is 1.17. The van der Waals surface area contributed by atoms with E-state index in [0.29, 0.717) is 12.7 Å². The minimum Gasteiger partial charge on any atom is -0.377 e. The van der Waals surface area contributed by atoms with Crippen molar-refractivity contribution in [3.05, 3.63) is 0 Å². The Balaban J connectivity index is 3.06. The fourth-order valence-electron chi connectivity index (χ4n) is 0.434. The van der Waals surface area contributed by atoms with Gasteiger partial charge in [-0.05, 0) is 20.3 Å². The summed E-state index contributed by atoms with van der Waals surface area (Å²) < 4.78 is 5.27. The van der Waals surface area contributed by atoms with Gasteiger partial charge < -0.3 is 10.5 Å². The van der Waals surface area contributed by atoms with Gasteiger partial charge in [-0.1, -0.05) is 6.92 Å². The van der Waals surface area contributed by atoms with Crippen molar-refractivity contribution in [1.29, 1.82) is 0 Å². The van der Waals surface area contributed by atoms with Gasteiger partial charge in [0, 0.05) is 6.04 Å². The van der Waals surface area contributed by atoms with Gasteiger partial charge in [-0.2, -0.15) is 0 Å². The van der Waals surface area contributed by atoms with Crippen molar-refractivity contribution in [3.63, 3.8) is 0 Å². The van der Waals surface area contributed by atoms with Crippen molar-refractivity contribution < 1.29 is 4.74 Å². The van der Waals surface area contributed by atoms with Crippen LogP contribution < -0.4 is 5.73 Å². The normalized spacial score (nSPS) is 14.3. The lowest BCUT2D eigenvalue weighted by Gasteiger charge is -2.11. The van der Waals surface area contributed by atoms with E-state index >= 15 is 0 Å². The van der Waals surface area contributed by atoms with Crippen molar-refractivity contribution in [1.82, 2.24) is 0 Å². The number of nitrogens with two attached hydrogens (primary N) is 1. The highest BCUT2D eigenvalue weighted by molar-refractivity contribution is 4.55. The maximum absolute atomic E-state index is 5.60. The van der Waals surface area contributed by atoms with Gasteiger partial charge in [0.2, 0.25) is 0 Å². The van der Waals surface area contributed by atoms with E-state index in [4.69, 9.17) is 10.5 Å². The molecule has 0 spiro atoms. The van der Waals surface area contributed by atoms with Crippen LogP contribution in [0.1, 0.15) is 27.2 Å². The summed E-state index contributed by atoms with van der Waals surface area (Å²) in [5, 5.41) is 0. The van der Waals surface area contributed by atoms with Crippen LogP contribution in [0.4, 0.5) is 0 Å². The highest BCUT2D eigenvalue weighted by atomic mass is 16.5. The lowest BCUT2D eigenvalue weighted by atomic mass is 10.3. The minimum atomic E-state index is 0.215. The van der Waals surface area contributed by atoms with Gasteiger partial charge >= 0.3 is 0 Å². The SMILES string of the molecule is CC[C@H](N)COC(C)C. The van der Waals surface area contributed by atoms with Crippen molar-refractivity contribution >= 4 is 0 Å². The average Bonchev–Trinajstić information content (AvgIpc) is 1.83. The molecule has 0 aromatic carbocycles. The zero-order valence-corrected chi connectivity index (χ0v) is 6.55. The number of hydrogen-bond donors (Lipinski definition) is 1. The molecule has 0 aromatic rings. The van der Waals surface area contributed by atoms with Crippen LogP contribution in [0.2, 0.25) is 0 Å². The first-order valence-corrected chi connectivity index (χ1v) is 3.54. The van der Waals surface area contributed by atoms with Crippen LogP contribution >= 0.6 is 0 Å². The summed E-state index contributed by atoms with van der Waals surface area (Å²) in [6.45, 7) is 6.78. The Bertz CT molecular complexity index is 63.9. The molecule has 9 heavy (non-hydrogen) atoms. The number of rotatable bonds is 4. The second-order valence-electron chi connectivity index (χ2n) is 2.55. The summed E-state index contributed by atoms with van der Waals surface area (Å²) in [5.41, 5.74) is 5.60. The molecule has 2 nitrogen and oxygen atoms in total. The summed E-state index contributed by atoms with van der Waals surface area (Å²) in [6.07, 6.45) is 1.30. The first kappa shape index (κ1) is 8.92. The van der Waals surface area contributed by atoms with Crippen LogP contribution in [0.5, 0.6) is 0 Å². The third-order valence-electron chi connectivity index (χ3n) is 1.17. The van der Waals surface area contributed by atoms with Gasteiger partial charge in [0.05, 0.1) is 12.7 Å². The van der Waals surface area contributed by atoms with Crippen LogP contribution in [0.25, 0.3) is 0 Å². The van der Waals surface area contributed by atoms with Crippen LogP contribution in [-0.4, -0.2) is 18.8 Å². The van der Waals surface area contributed by atoms with E-state index < -0.39 is 0 Å². The fraction of sp³-hybridized carbons (Fsp3) is 1.00. The van der Waals surface area contributed by atoms with Crippen molar-refractivity contribution in [2.24, 2.45) is 5.73 Å². The first-order chi connectivity index (χ1) is 4.16. The Labute approximate surface area is 57.4 Å². The standard InChI is InChI=1S/C7H17NO/c1-4-7(8)5-9-6(2)3/h6-7H,4-5,8H2,1-3H3/t7-/m0/s1. The summed E-state index contributed by atoms with van der Waals surface area (Å²) in [6, 6.07) is 0.215. The predicted octanol–water partition coefficient (Wildman–Crippen LogP) is 1.15. The van der Waals surface area contributed by atoms with E-state index in [1.807, 2.05) is 13.8 Å². The molecule has 0 unspecified atom stereocenters. The minimum absolute atomic E-state index is 0.215. The lowest BCUT2D eigenvalue weighted by Crippen LogP contribution is -2.26. The molecule has 0 saturated carbocycles. The van der Waals surface area contributed by atoms with Crippen LogP contribution in [0.3, 0.4) is 0 Å². The zero-order valence-electron chi connectivity index (χ0n) is 6.55. The monoisotopic (exact) mass is 131 g/mol. The summed E-state index contributed by atoms with van der Waals surface area (Å²) in [7, 11) is 0. The largest absolute Gasteiger partial charge is 0.377 e. The van der Waals surface area contributed by atoms with E-state index in [1.54, 1.807) is 0 Å². The van der Waals surface area contributed by atoms with E-state index in [9.17, 15) is 0 Å². The fourth-order valence-corrected chi connectivity index (χ4v) is 0.434. The van der Waals surface area contributed by atoms with Crippen molar-refractivity contribution in [3.8, 4) is 0 Å². The molecule has 2 heteroatoms. The Morgan fingerprint density at radius 3 is 2.33 bits per heavy atom. The van der Waals surface area contributed by atoms with Gasteiger partial charge in [0.25, 0.3) is 0 Å². The molecule has 0 radical (unpaired) electrons. The van der Waals surface area contributed by atoms with Crippen LogP contribution in [0, 0.1) is 0 Å². The van der Waals surface area contributed by atoms with Gasteiger partial charge in [-0.15, -0.1) is 0 Å². The summed E-state index contributed by atoms with van der Waals surface area (Å²) in [5.74, 6) is 0. The Kier molecular flexibility index (Phi) is 4.72. The quantitative estimate of drug-likeness (QED) is 0.621. The second kappa shape index (κ2) is 4.77. The van der Waals surface area contributed by atoms with Crippen molar-refractivity contribution in [2.75, 3.05) is 6.61 Å². The molecule has 0 aromatic heterocycles. The summed E-state index contributed by atoms with van der Waals surface area (Å²) in [4.78, 5) is 0. The van der Waals surface area contributed by atoms with E-state index in [2.05, 4.69) is 6.92 Å². The molecular weight excluding hydrogens is 114 g/mol. The number of hydrogen-bond acceptors (Lipinski definition) is 2. The van der Waals surface area contributed by atoms with Crippen LogP contribution in [-0.2, 0) is 4.74 Å². The number of ether oxygens (including phenoxy) is 1. The molecule has 0 aliphatic rings. The molecule has 0 heterocycles. The molecule has 0 aliphatic heterocycles. The smallest absolute Gasteiger partial charge is 0.0620 e. The predicted molar refractivity (Wildman–Crippen MR) is 39.4 cm³/mol. The Morgan fingerprint density at radius 2 is 2.00 bits per heavy atom. The summed E-state index contributed by atoms with van der Waals surface area (Å²) >= 11 is 0. The Morgan fingerprint density at radius 1 is 1.44 bits per heavy atom. The first-order valence-electron chi connectivity index (χ1n) is 3.54. The van der Waals surface area contributed by atoms with Crippen LogP contribution in [0.15, 0.2) is 0 Å². The maximum atomic E-state index is 5.60. The van der Waals surface area contributed by atoms with Gasteiger partial charge in [0.15, 0.2) is 0 Å². The van der Waals surface area contributed by atoms with E-state index in [-0.39, 0.29) is 6.04 Å². The molecule has 0 aliphatic carbocycles. The van der Waals surface area contributed by atoms with Gasteiger partial charge in [-0.25, -0.2) is 0 Å². The molecule has 56 valence electrons. The molecule has 0 fully saturated rings.